The Morgan fingerprint density at radius 2 is 2.00 bits per heavy atom. The van der Waals surface area contributed by atoms with E-state index in [9.17, 15) is 0 Å². The molecule has 1 aromatic rings. The second-order valence-corrected chi connectivity index (χ2v) is 6.15. The first-order valence-electron chi connectivity index (χ1n) is 7.60. The molecular formula is C15H28BrN3. The van der Waals surface area contributed by atoms with Crippen molar-refractivity contribution in [3.8, 4) is 0 Å². The maximum absolute atomic E-state index is 4.51. The number of nitrogens with one attached hydrogen (secondary N) is 1. The van der Waals surface area contributed by atoms with Crippen molar-refractivity contribution in [3.05, 3.63) is 16.4 Å². The Hall–Kier alpha value is -0.350. The van der Waals surface area contributed by atoms with Crippen molar-refractivity contribution < 1.29 is 0 Å². The van der Waals surface area contributed by atoms with Crippen LogP contribution in [0.1, 0.15) is 65.1 Å². The molecule has 2 atom stereocenters. The first-order chi connectivity index (χ1) is 9.15. The molecule has 3 nitrogen and oxygen atoms in total. The van der Waals surface area contributed by atoms with Crippen LogP contribution in [0.15, 0.2) is 10.7 Å². The predicted molar refractivity (Wildman–Crippen MR) is 85.3 cm³/mol. The van der Waals surface area contributed by atoms with E-state index in [0.717, 1.165) is 30.4 Å². The van der Waals surface area contributed by atoms with Gasteiger partial charge in [0, 0.05) is 6.54 Å². The monoisotopic (exact) mass is 329 g/mol. The highest BCUT2D eigenvalue weighted by Gasteiger charge is 2.24. The lowest BCUT2D eigenvalue weighted by atomic mass is 9.94. The number of aromatic nitrogens is 2. The second kappa shape index (κ2) is 8.75. The summed E-state index contributed by atoms with van der Waals surface area (Å²) in [6.45, 7) is 11.1. The summed E-state index contributed by atoms with van der Waals surface area (Å²) in [4.78, 5) is 0. The van der Waals surface area contributed by atoms with Gasteiger partial charge in [0.2, 0.25) is 0 Å². The second-order valence-electron chi connectivity index (χ2n) is 5.30. The van der Waals surface area contributed by atoms with E-state index < -0.39 is 0 Å². The van der Waals surface area contributed by atoms with Crippen LogP contribution in [-0.4, -0.2) is 16.3 Å². The van der Waals surface area contributed by atoms with E-state index in [1.54, 1.807) is 0 Å². The molecule has 0 aromatic carbocycles. The summed E-state index contributed by atoms with van der Waals surface area (Å²) in [5.41, 5.74) is 1.32. The molecule has 1 heterocycles. The zero-order valence-electron chi connectivity index (χ0n) is 12.7. The molecule has 0 aliphatic rings. The third kappa shape index (κ3) is 4.60. The van der Waals surface area contributed by atoms with Gasteiger partial charge in [-0.15, -0.1) is 0 Å². The molecule has 0 spiro atoms. The number of halogens is 1. The van der Waals surface area contributed by atoms with Crippen molar-refractivity contribution in [3.63, 3.8) is 0 Å². The molecule has 4 heteroatoms. The van der Waals surface area contributed by atoms with Crippen molar-refractivity contribution in [2.24, 2.45) is 5.92 Å². The molecule has 0 aliphatic heterocycles. The van der Waals surface area contributed by atoms with Gasteiger partial charge in [-0.1, -0.05) is 34.1 Å². The zero-order chi connectivity index (χ0) is 14.3. The van der Waals surface area contributed by atoms with Crippen molar-refractivity contribution in [2.45, 2.75) is 66.0 Å². The Labute approximate surface area is 126 Å². The Morgan fingerprint density at radius 3 is 2.58 bits per heavy atom. The molecular weight excluding hydrogens is 302 g/mol. The third-order valence-electron chi connectivity index (χ3n) is 3.49. The summed E-state index contributed by atoms with van der Waals surface area (Å²) < 4.78 is 3.29. The van der Waals surface area contributed by atoms with E-state index in [4.69, 9.17) is 0 Å². The van der Waals surface area contributed by atoms with Crippen LogP contribution in [0.5, 0.6) is 0 Å². The number of aryl methyl sites for hydroxylation is 1. The van der Waals surface area contributed by atoms with E-state index in [-0.39, 0.29) is 0 Å². The van der Waals surface area contributed by atoms with Crippen LogP contribution >= 0.6 is 15.9 Å². The molecule has 0 aliphatic carbocycles. The Kier molecular flexibility index (Phi) is 7.69. The van der Waals surface area contributed by atoms with E-state index in [1.165, 1.54) is 18.5 Å². The molecule has 0 bridgehead atoms. The van der Waals surface area contributed by atoms with Gasteiger partial charge < -0.3 is 5.32 Å². The van der Waals surface area contributed by atoms with Gasteiger partial charge in [0.05, 0.1) is 22.4 Å². The normalized spacial score (nSPS) is 14.6. The minimum atomic E-state index is 0.392. The average molecular weight is 330 g/mol. The fourth-order valence-electron chi connectivity index (χ4n) is 2.56. The highest BCUT2D eigenvalue weighted by atomic mass is 79.9. The topological polar surface area (TPSA) is 29.9 Å². The van der Waals surface area contributed by atoms with Crippen LogP contribution in [0, 0.1) is 5.92 Å². The maximum Gasteiger partial charge on any atom is 0.0698 e. The van der Waals surface area contributed by atoms with E-state index in [2.05, 4.69) is 58.7 Å². The smallest absolute Gasteiger partial charge is 0.0698 e. The fraction of sp³-hybridized carbons (Fsp3) is 0.800. The molecule has 19 heavy (non-hydrogen) atoms. The third-order valence-corrected chi connectivity index (χ3v) is 4.10. The fourth-order valence-corrected chi connectivity index (χ4v) is 3.10. The van der Waals surface area contributed by atoms with Crippen molar-refractivity contribution in [1.29, 1.82) is 0 Å². The SMILES string of the molecule is CCCNC(c1c(Br)cnn1CCC)C(C)CCC. The average Bonchev–Trinajstić information content (AvgIpc) is 2.73. The van der Waals surface area contributed by atoms with Gasteiger partial charge in [-0.2, -0.15) is 5.10 Å². The van der Waals surface area contributed by atoms with Gasteiger partial charge >= 0.3 is 0 Å². The molecule has 1 aromatic heterocycles. The van der Waals surface area contributed by atoms with Gasteiger partial charge in [-0.3, -0.25) is 4.68 Å². The van der Waals surface area contributed by atoms with Crippen LogP contribution in [0.2, 0.25) is 0 Å². The van der Waals surface area contributed by atoms with Crippen molar-refractivity contribution in [2.75, 3.05) is 6.54 Å². The van der Waals surface area contributed by atoms with Crippen LogP contribution in [0.25, 0.3) is 0 Å². The number of hydrogen-bond acceptors (Lipinski definition) is 2. The van der Waals surface area contributed by atoms with E-state index >= 15 is 0 Å². The number of rotatable bonds is 9. The lowest BCUT2D eigenvalue weighted by Gasteiger charge is -2.26. The largest absolute Gasteiger partial charge is 0.308 e. The highest BCUT2D eigenvalue weighted by molar-refractivity contribution is 9.10. The lowest BCUT2D eigenvalue weighted by Crippen LogP contribution is -2.30. The van der Waals surface area contributed by atoms with Gasteiger partial charge in [0.25, 0.3) is 0 Å². The quantitative estimate of drug-likeness (QED) is 0.721. The van der Waals surface area contributed by atoms with Crippen LogP contribution in [-0.2, 0) is 6.54 Å². The van der Waals surface area contributed by atoms with Gasteiger partial charge in [-0.05, 0) is 47.7 Å². The van der Waals surface area contributed by atoms with Crippen molar-refractivity contribution in [1.82, 2.24) is 15.1 Å². The molecule has 1 N–H and O–H groups in total. The number of hydrogen-bond donors (Lipinski definition) is 1. The molecule has 2 unspecified atom stereocenters. The molecule has 0 amide bonds. The minimum absolute atomic E-state index is 0.392. The summed E-state index contributed by atoms with van der Waals surface area (Å²) in [6.07, 6.45) is 6.68. The first-order valence-corrected chi connectivity index (χ1v) is 8.39. The maximum atomic E-state index is 4.51. The van der Waals surface area contributed by atoms with Crippen LogP contribution < -0.4 is 5.32 Å². The van der Waals surface area contributed by atoms with Gasteiger partial charge in [-0.25, -0.2) is 0 Å². The molecule has 0 saturated carbocycles. The Bertz CT molecular complexity index is 362. The molecule has 0 radical (unpaired) electrons. The zero-order valence-corrected chi connectivity index (χ0v) is 14.3. The summed E-state index contributed by atoms with van der Waals surface area (Å²) in [6, 6.07) is 0.392. The van der Waals surface area contributed by atoms with E-state index in [1.807, 2.05) is 6.20 Å². The summed E-state index contributed by atoms with van der Waals surface area (Å²) in [7, 11) is 0. The van der Waals surface area contributed by atoms with Gasteiger partial charge in [0.1, 0.15) is 0 Å². The summed E-state index contributed by atoms with van der Waals surface area (Å²) >= 11 is 3.68. The van der Waals surface area contributed by atoms with Gasteiger partial charge in [0.15, 0.2) is 0 Å². The Morgan fingerprint density at radius 1 is 1.26 bits per heavy atom. The van der Waals surface area contributed by atoms with Crippen LogP contribution in [0.4, 0.5) is 0 Å². The highest BCUT2D eigenvalue weighted by Crippen LogP contribution is 2.31. The number of nitrogens with zero attached hydrogens (tertiary/aromatic N) is 2. The van der Waals surface area contributed by atoms with Crippen molar-refractivity contribution >= 4 is 15.9 Å². The summed E-state index contributed by atoms with van der Waals surface area (Å²) in [5, 5.41) is 8.21. The van der Waals surface area contributed by atoms with E-state index in [0.29, 0.717) is 12.0 Å². The molecule has 1 rings (SSSR count). The minimum Gasteiger partial charge on any atom is -0.308 e. The standard InChI is InChI=1S/C15H28BrN3/c1-5-8-12(4)14(17-9-6-2)15-13(16)11-18-19(15)10-7-3/h11-12,14,17H,5-10H2,1-4H3. The molecule has 0 saturated heterocycles. The predicted octanol–water partition coefficient (Wildman–Crippen LogP) is 4.53. The molecule has 110 valence electrons. The van der Waals surface area contributed by atoms with Crippen LogP contribution in [0.3, 0.4) is 0 Å². The first kappa shape index (κ1) is 16.7. The molecule has 0 fully saturated rings. The summed E-state index contributed by atoms with van der Waals surface area (Å²) in [5.74, 6) is 0.625. The lowest BCUT2D eigenvalue weighted by molar-refractivity contribution is 0.340. The Balaban J connectivity index is 2.97.